The van der Waals surface area contributed by atoms with Gasteiger partial charge >= 0.3 is 0 Å². The summed E-state index contributed by atoms with van der Waals surface area (Å²) < 4.78 is 18.8. The quantitative estimate of drug-likeness (QED) is 0.877. The van der Waals surface area contributed by atoms with E-state index in [-0.39, 0.29) is 5.82 Å². The van der Waals surface area contributed by atoms with Crippen LogP contribution in [0.1, 0.15) is 18.9 Å². The second-order valence-corrected chi connectivity index (χ2v) is 4.30. The molecular weight excluding hydrogens is 243 g/mol. The number of ether oxygens (including phenoxy) is 1. The largest absolute Gasteiger partial charge is 0.439 e. The molecule has 0 unspecified atom stereocenters. The molecule has 3 nitrogen and oxygen atoms in total. The van der Waals surface area contributed by atoms with Crippen LogP contribution in [0.15, 0.2) is 36.4 Å². The number of anilines is 1. The van der Waals surface area contributed by atoms with Crippen LogP contribution in [0.4, 0.5) is 10.2 Å². The second kappa shape index (κ2) is 6.18. The third kappa shape index (κ3) is 3.68. The third-order valence-electron chi connectivity index (χ3n) is 2.63. The SMILES string of the molecule is CCCNc1cccc(Oc2ccc(F)c(C)c2)n1. The topological polar surface area (TPSA) is 34.1 Å². The molecule has 4 heteroatoms. The Morgan fingerprint density at radius 1 is 1.26 bits per heavy atom. The molecule has 2 rings (SSSR count). The number of hydrogen-bond donors (Lipinski definition) is 1. The predicted molar refractivity (Wildman–Crippen MR) is 74.2 cm³/mol. The third-order valence-corrected chi connectivity index (χ3v) is 2.63. The molecular formula is C15H17FN2O. The van der Waals surface area contributed by atoms with Gasteiger partial charge in [-0.15, -0.1) is 0 Å². The highest BCUT2D eigenvalue weighted by atomic mass is 19.1. The van der Waals surface area contributed by atoms with E-state index in [1.54, 1.807) is 25.1 Å². The lowest BCUT2D eigenvalue weighted by Gasteiger charge is -2.08. The Balaban J connectivity index is 2.11. The average molecular weight is 260 g/mol. The van der Waals surface area contributed by atoms with Crippen molar-refractivity contribution in [3.8, 4) is 11.6 Å². The number of rotatable bonds is 5. The summed E-state index contributed by atoms with van der Waals surface area (Å²) in [5.41, 5.74) is 0.553. The van der Waals surface area contributed by atoms with Gasteiger partial charge in [-0.2, -0.15) is 4.98 Å². The van der Waals surface area contributed by atoms with Crippen molar-refractivity contribution in [3.63, 3.8) is 0 Å². The highest BCUT2D eigenvalue weighted by Crippen LogP contribution is 2.22. The van der Waals surface area contributed by atoms with Gasteiger partial charge in [-0.1, -0.05) is 13.0 Å². The number of pyridine rings is 1. The predicted octanol–water partition coefficient (Wildman–Crippen LogP) is 4.14. The molecule has 19 heavy (non-hydrogen) atoms. The average Bonchev–Trinajstić information content (AvgIpc) is 2.41. The zero-order valence-corrected chi connectivity index (χ0v) is 11.1. The molecule has 0 aliphatic carbocycles. The minimum atomic E-state index is -0.237. The van der Waals surface area contributed by atoms with Gasteiger partial charge in [-0.25, -0.2) is 4.39 Å². The van der Waals surface area contributed by atoms with Crippen LogP contribution in [0, 0.1) is 12.7 Å². The van der Waals surface area contributed by atoms with Crippen molar-refractivity contribution in [1.29, 1.82) is 0 Å². The minimum Gasteiger partial charge on any atom is -0.439 e. The first-order valence-corrected chi connectivity index (χ1v) is 6.34. The number of hydrogen-bond acceptors (Lipinski definition) is 3. The Morgan fingerprint density at radius 2 is 2.11 bits per heavy atom. The molecule has 0 saturated heterocycles. The summed E-state index contributed by atoms with van der Waals surface area (Å²) in [5.74, 6) is 1.61. The van der Waals surface area contributed by atoms with Crippen LogP contribution in [0.2, 0.25) is 0 Å². The van der Waals surface area contributed by atoms with Crippen molar-refractivity contribution in [1.82, 2.24) is 4.98 Å². The number of aromatic nitrogens is 1. The summed E-state index contributed by atoms with van der Waals surface area (Å²) in [6.07, 6.45) is 1.03. The molecule has 1 aromatic heterocycles. The fourth-order valence-corrected chi connectivity index (χ4v) is 1.62. The normalized spacial score (nSPS) is 10.3. The lowest BCUT2D eigenvalue weighted by molar-refractivity contribution is 0.461. The van der Waals surface area contributed by atoms with Gasteiger partial charge in [0.05, 0.1) is 0 Å². The van der Waals surface area contributed by atoms with E-state index in [0.717, 1.165) is 18.8 Å². The van der Waals surface area contributed by atoms with Crippen LogP contribution >= 0.6 is 0 Å². The number of aryl methyl sites for hydroxylation is 1. The Labute approximate surface area is 112 Å². The van der Waals surface area contributed by atoms with Crippen molar-refractivity contribution in [2.24, 2.45) is 0 Å². The van der Waals surface area contributed by atoms with Gasteiger partial charge in [-0.3, -0.25) is 0 Å². The smallest absolute Gasteiger partial charge is 0.221 e. The van der Waals surface area contributed by atoms with E-state index >= 15 is 0 Å². The van der Waals surface area contributed by atoms with Crippen LogP contribution in [0.5, 0.6) is 11.6 Å². The zero-order valence-electron chi connectivity index (χ0n) is 11.1. The molecule has 0 bridgehead atoms. The van der Waals surface area contributed by atoms with Crippen molar-refractivity contribution in [3.05, 3.63) is 47.8 Å². The molecule has 0 amide bonds. The first-order chi connectivity index (χ1) is 9.19. The highest BCUT2D eigenvalue weighted by Gasteiger charge is 2.03. The molecule has 2 aromatic rings. The molecule has 1 N–H and O–H groups in total. The minimum absolute atomic E-state index is 0.237. The van der Waals surface area contributed by atoms with Gasteiger partial charge < -0.3 is 10.1 Å². The summed E-state index contributed by atoms with van der Waals surface area (Å²) in [4.78, 5) is 4.33. The van der Waals surface area contributed by atoms with Crippen molar-refractivity contribution >= 4 is 5.82 Å². The maximum Gasteiger partial charge on any atom is 0.221 e. The van der Waals surface area contributed by atoms with Gasteiger partial charge in [0, 0.05) is 12.6 Å². The van der Waals surface area contributed by atoms with Crippen molar-refractivity contribution in [2.45, 2.75) is 20.3 Å². The Morgan fingerprint density at radius 3 is 2.84 bits per heavy atom. The summed E-state index contributed by atoms with van der Waals surface area (Å²) >= 11 is 0. The first kappa shape index (κ1) is 13.3. The van der Waals surface area contributed by atoms with E-state index in [9.17, 15) is 4.39 Å². The van der Waals surface area contributed by atoms with E-state index in [1.165, 1.54) is 6.07 Å². The fraction of sp³-hybridized carbons (Fsp3) is 0.267. The van der Waals surface area contributed by atoms with Gasteiger partial charge in [0.2, 0.25) is 5.88 Å². The van der Waals surface area contributed by atoms with E-state index in [1.807, 2.05) is 12.1 Å². The molecule has 0 aliphatic heterocycles. The van der Waals surface area contributed by atoms with Crippen LogP contribution < -0.4 is 10.1 Å². The van der Waals surface area contributed by atoms with E-state index in [0.29, 0.717) is 17.2 Å². The molecule has 100 valence electrons. The molecule has 0 aliphatic rings. The lowest BCUT2D eigenvalue weighted by atomic mass is 10.2. The summed E-state index contributed by atoms with van der Waals surface area (Å²) in [5, 5.41) is 3.19. The molecule has 0 fully saturated rings. The van der Waals surface area contributed by atoms with Crippen molar-refractivity contribution in [2.75, 3.05) is 11.9 Å². The van der Waals surface area contributed by atoms with Crippen LogP contribution in [-0.2, 0) is 0 Å². The number of nitrogens with zero attached hydrogens (tertiary/aromatic N) is 1. The maximum absolute atomic E-state index is 13.2. The fourth-order valence-electron chi connectivity index (χ4n) is 1.62. The summed E-state index contributed by atoms with van der Waals surface area (Å²) in [6, 6.07) is 10.2. The van der Waals surface area contributed by atoms with Gasteiger partial charge in [0.25, 0.3) is 0 Å². The van der Waals surface area contributed by atoms with Crippen molar-refractivity contribution < 1.29 is 9.13 Å². The second-order valence-electron chi connectivity index (χ2n) is 4.30. The number of nitrogens with one attached hydrogen (secondary N) is 1. The first-order valence-electron chi connectivity index (χ1n) is 6.34. The van der Waals surface area contributed by atoms with Gasteiger partial charge in [0.15, 0.2) is 0 Å². The van der Waals surface area contributed by atoms with Gasteiger partial charge in [-0.05, 0) is 43.2 Å². The van der Waals surface area contributed by atoms with E-state index in [4.69, 9.17) is 4.74 Å². The van der Waals surface area contributed by atoms with Crippen LogP contribution in [-0.4, -0.2) is 11.5 Å². The Kier molecular flexibility index (Phi) is 4.34. The highest BCUT2D eigenvalue weighted by molar-refractivity contribution is 5.39. The van der Waals surface area contributed by atoms with Crippen LogP contribution in [0.3, 0.4) is 0 Å². The standard InChI is InChI=1S/C15H17FN2O/c1-3-9-17-14-5-4-6-15(18-14)19-12-7-8-13(16)11(2)10-12/h4-8,10H,3,9H2,1-2H3,(H,17,18). The van der Waals surface area contributed by atoms with E-state index < -0.39 is 0 Å². The molecule has 1 aromatic carbocycles. The molecule has 0 radical (unpaired) electrons. The monoisotopic (exact) mass is 260 g/mol. The zero-order chi connectivity index (χ0) is 13.7. The molecule has 0 atom stereocenters. The Hall–Kier alpha value is -2.10. The van der Waals surface area contributed by atoms with Gasteiger partial charge in [0.1, 0.15) is 17.4 Å². The molecule has 1 heterocycles. The number of benzene rings is 1. The lowest BCUT2D eigenvalue weighted by Crippen LogP contribution is -2.02. The maximum atomic E-state index is 13.2. The summed E-state index contributed by atoms with van der Waals surface area (Å²) in [6.45, 7) is 4.66. The van der Waals surface area contributed by atoms with E-state index in [2.05, 4.69) is 17.2 Å². The number of halogens is 1. The summed E-state index contributed by atoms with van der Waals surface area (Å²) in [7, 11) is 0. The molecule has 0 spiro atoms. The Bertz CT molecular complexity index is 558. The molecule has 0 saturated carbocycles. The van der Waals surface area contributed by atoms with Crippen LogP contribution in [0.25, 0.3) is 0 Å².